The van der Waals surface area contributed by atoms with E-state index in [0.717, 1.165) is 51.7 Å². The van der Waals surface area contributed by atoms with Gasteiger partial charge in [0.25, 0.3) is 0 Å². The van der Waals surface area contributed by atoms with Gasteiger partial charge in [0.15, 0.2) is 6.29 Å². The number of unbranched alkanes of at least 4 members (excludes halogenated alkanes) is 3. The lowest BCUT2D eigenvalue weighted by Gasteiger charge is -2.40. The van der Waals surface area contributed by atoms with Gasteiger partial charge in [-0.3, -0.25) is 0 Å². The van der Waals surface area contributed by atoms with Crippen LogP contribution in [0.4, 0.5) is 0 Å². The lowest BCUT2D eigenvalue weighted by Crippen LogP contribution is -2.57. The molecule has 5 heteroatoms. The number of fused-ring (bicyclic) bond motifs is 2. The monoisotopic (exact) mass is 330 g/mol. The van der Waals surface area contributed by atoms with Crippen molar-refractivity contribution < 1.29 is 23.7 Å². The average Bonchev–Trinajstić information content (AvgIpc) is 2.99. The van der Waals surface area contributed by atoms with Crippen LogP contribution in [0, 0.1) is 0 Å². The Morgan fingerprint density at radius 1 is 0.739 bits per heavy atom. The van der Waals surface area contributed by atoms with Gasteiger partial charge in [0.1, 0.15) is 24.4 Å². The van der Waals surface area contributed by atoms with Crippen LogP contribution < -0.4 is 0 Å². The molecule has 0 unspecified atom stereocenters. The van der Waals surface area contributed by atoms with Crippen molar-refractivity contribution in [2.75, 3.05) is 26.4 Å². The first kappa shape index (κ1) is 19.1. The maximum atomic E-state index is 6.18. The third-order valence-electron chi connectivity index (χ3n) is 4.44. The molecule has 2 saturated heterocycles. The molecule has 0 radical (unpaired) electrons. The summed E-state index contributed by atoms with van der Waals surface area (Å²) in [5.41, 5.74) is 0. The fourth-order valence-electron chi connectivity index (χ4n) is 2.99. The molecule has 2 aliphatic heterocycles. The summed E-state index contributed by atoms with van der Waals surface area (Å²) in [7, 11) is 0. The van der Waals surface area contributed by atoms with E-state index in [1.54, 1.807) is 0 Å². The Morgan fingerprint density at radius 3 is 1.83 bits per heavy atom. The first-order chi connectivity index (χ1) is 11.3. The highest BCUT2D eigenvalue weighted by Crippen LogP contribution is 2.34. The van der Waals surface area contributed by atoms with E-state index in [1.807, 2.05) is 0 Å². The Morgan fingerprint density at radius 2 is 1.26 bits per heavy atom. The van der Waals surface area contributed by atoms with Crippen LogP contribution in [-0.4, -0.2) is 57.1 Å². The number of hydrogen-bond donors (Lipinski definition) is 0. The lowest BCUT2D eigenvalue weighted by molar-refractivity contribution is -0.262. The molecule has 2 rings (SSSR count). The van der Waals surface area contributed by atoms with E-state index >= 15 is 0 Å². The zero-order valence-electron chi connectivity index (χ0n) is 15.0. The van der Waals surface area contributed by atoms with E-state index in [-0.39, 0.29) is 30.7 Å². The van der Waals surface area contributed by atoms with Crippen molar-refractivity contribution in [3.8, 4) is 0 Å². The summed E-state index contributed by atoms with van der Waals surface area (Å²) in [5, 5.41) is 0. The van der Waals surface area contributed by atoms with Crippen molar-refractivity contribution in [1.82, 2.24) is 0 Å². The molecule has 0 aromatic carbocycles. The molecule has 2 bridgehead atoms. The van der Waals surface area contributed by atoms with Crippen molar-refractivity contribution in [3.63, 3.8) is 0 Å². The Labute approximate surface area is 140 Å². The molecule has 2 fully saturated rings. The fraction of sp³-hybridized carbons (Fsp3) is 1.00. The van der Waals surface area contributed by atoms with Crippen LogP contribution in [0.15, 0.2) is 0 Å². The van der Waals surface area contributed by atoms with E-state index in [1.165, 1.54) is 0 Å². The van der Waals surface area contributed by atoms with Gasteiger partial charge in [0, 0.05) is 19.8 Å². The molecule has 136 valence electrons. The first-order valence-corrected chi connectivity index (χ1v) is 9.43. The average molecular weight is 330 g/mol. The van der Waals surface area contributed by atoms with Crippen LogP contribution in [-0.2, 0) is 23.7 Å². The van der Waals surface area contributed by atoms with E-state index in [2.05, 4.69) is 20.8 Å². The van der Waals surface area contributed by atoms with E-state index < -0.39 is 0 Å². The Bertz CT molecular complexity index is 288. The maximum Gasteiger partial charge on any atom is 0.187 e. The quantitative estimate of drug-likeness (QED) is 0.514. The van der Waals surface area contributed by atoms with Crippen LogP contribution in [0.1, 0.15) is 59.3 Å². The summed E-state index contributed by atoms with van der Waals surface area (Å²) in [6, 6.07) is 0. The Balaban J connectivity index is 1.99. The van der Waals surface area contributed by atoms with Crippen molar-refractivity contribution in [2.24, 2.45) is 0 Å². The van der Waals surface area contributed by atoms with E-state index in [0.29, 0.717) is 13.2 Å². The molecule has 0 aromatic rings. The second-order valence-electron chi connectivity index (χ2n) is 6.44. The molecule has 0 N–H and O–H groups in total. The van der Waals surface area contributed by atoms with Crippen LogP contribution in [0.3, 0.4) is 0 Å². The highest BCUT2D eigenvalue weighted by Gasteiger charge is 2.52. The standard InChI is InChI=1S/C18H34O5/c1-4-7-10-19-15-14-13-22-18(23-14)17(21-12-9-6-3)16(15)20-11-8-5-2/h14-18H,4-13H2,1-3H3/t14-,15-,16+,17-,18-/m0/s1. The summed E-state index contributed by atoms with van der Waals surface area (Å²) in [6.07, 6.45) is 5.77. The predicted octanol–water partition coefficient (Wildman–Crippen LogP) is 3.30. The molecule has 0 spiro atoms. The molecule has 5 atom stereocenters. The van der Waals surface area contributed by atoms with Gasteiger partial charge in [0.2, 0.25) is 0 Å². The van der Waals surface area contributed by atoms with Crippen LogP contribution in [0.5, 0.6) is 0 Å². The second-order valence-corrected chi connectivity index (χ2v) is 6.44. The third-order valence-corrected chi connectivity index (χ3v) is 4.44. The Kier molecular flexibility index (Phi) is 8.83. The molecular formula is C18H34O5. The zero-order valence-corrected chi connectivity index (χ0v) is 15.0. The molecule has 0 saturated carbocycles. The number of ether oxygens (including phenoxy) is 5. The van der Waals surface area contributed by atoms with Gasteiger partial charge < -0.3 is 23.7 Å². The van der Waals surface area contributed by atoms with Crippen molar-refractivity contribution in [3.05, 3.63) is 0 Å². The maximum absolute atomic E-state index is 6.18. The van der Waals surface area contributed by atoms with Gasteiger partial charge in [0.05, 0.1) is 6.61 Å². The molecule has 0 aliphatic carbocycles. The molecule has 2 aliphatic rings. The van der Waals surface area contributed by atoms with Gasteiger partial charge in [-0.1, -0.05) is 40.0 Å². The van der Waals surface area contributed by atoms with E-state index in [4.69, 9.17) is 23.7 Å². The van der Waals surface area contributed by atoms with Gasteiger partial charge in [-0.2, -0.15) is 0 Å². The van der Waals surface area contributed by atoms with Crippen LogP contribution >= 0.6 is 0 Å². The first-order valence-electron chi connectivity index (χ1n) is 9.43. The second kappa shape index (κ2) is 10.6. The van der Waals surface area contributed by atoms with Gasteiger partial charge in [-0.15, -0.1) is 0 Å². The van der Waals surface area contributed by atoms with Gasteiger partial charge >= 0.3 is 0 Å². The minimum absolute atomic E-state index is 0.0329. The fourth-order valence-corrected chi connectivity index (χ4v) is 2.99. The van der Waals surface area contributed by atoms with Crippen LogP contribution in [0.2, 0.25) is 0 Å². The lowest BCUT2D eigenvalue weighted by atomic mass is 10.00. The largest absolute Gasteiger partial charge is 0.373 e. The summed E-state index contributed by atoms with van der Waals surface area (Å²) in [6.45, 7) is 9.26. The number of rotatable bonds is 12. The van der Waals surface area contributed by atoms with Gasteiger partial charge in [-0.05, 0) is 19.3 Å². The Hall–Kier alpha value is -0.200. The summed E-state index contributed by atoms with van der Waals surface area (Å²) >= 11 is 0. The molecule has 0 aromatic heterocycles. The third kappa shape index (κ3) is 5.40. The minimum atomic E-state index is -0.311. The summed E-state index contributed by atoms with van der Waals surface area (Å²) in [4.78, 5) is 0. The minimum Gasteiger partial charge on any atom is -0.373 e. The predicted molar refractivity (Wildman–Crippen MR) is 88.6 cm³/mol. The van der Waals surface area contributed by atoms with Crippen molar-refractivity contribution >= 4 is 0 Å². The van der Waals surface area contributed by atoms with Crippen molar-refractivity contribution in [1.29, 1.82) is 0 Å². The summed E-state index contributed by atoms with van der Waals surface area (Å²) in [5.74, 6) is 0. The normalized spacial score (nSPS) is 33.3. The highest BCUT2D eigenvalue weighted by molar-refractivity contribution is 4.96. The number of hydrogen-bond acceptors (Lipinski definition) is 5. The molecule has 23 heavy (non-hydrogen) atoms. The van der Waals surface area contributed by atoms with Crippen LogP contribution in [0.25, 0.3) is 0 Å². The smallest absolute Gasteiger partial charge is 0.187 e. The zero-order chi connectivity index (χ0) is 16.5. The van der Waals surface area contributed by atoms with Crippen molar-refractivity contribution in [2.45, 2.75) is 90.0 Å². The molecule has 0 amide bonds. The highest BCUT2D eigenvalue weighted by atomic mass is 16.8. The SMILES string of the molecule is CCCCO[C@H]1[C@H](OCCCC)[C@H]2OC[C@H](O2)[C@@H]1OCCCC. The topological polar surface area (TPSA) is 46.2 Å². The molecule has 2 heterocycles. The van der Waals surface area contributed by atoms with Gasteiger partial charge in [-0.25, -0.2) is 0 Å². The van der Waals surface area contributed by atoms with E-state index in [9.17, 15) is 0 Å². The molecule has 5 nitrogen and oxygen atoms in total. The summed E-state index contributed by atoms with van der Waals surface area (Å²) < 4.78 is 30.1. The molecular weight excluding hydrogens is 296 g/mol.